The maximum absolute atomic E-state index is 12.6. The normalized spacial score (nSPS) is 17.8. The van der Waals surface area contributed by atoms with Crippen LogP contribution in [0.15, 0.2) is 29.3 Å². The first-order valence-electron chi connectivity index (χ1n) is 9.13. The maximum Gasteiger partial charge on any atom is 0.416 e. The van der Waals surface area contributed by atoms with E-state index in [-0.39, 0.29) is 5.54 Å². The third-order valence-corrected chi connectivity index (χ3v) is 5.17. The summed E-state index contributed by atoms with van der Waals surface area (Å²) < 4.78 is 43.3. The highest BCUT2D eigenvalue weighted by Crippen LogP contribution is 2.29. The number of hydrogen-bond acceptors (Lipinski definition) is 3. The molecule has 2 N–H and O–H groups in total. The molecule has 0 spiro atoms. The molecule has 1 aliphatic heterocycles. The van der Waals surface area contributed by atoms with Crippen molar-refractivity contribution >= 4 is 5.96 Å². The van der Waals surface area contributed by atoms with Crippen LogP contribution in [0.25, 0.3) is 0 Å². The van der Waals surface area contributed by atoms with Gasteiger partial charge < -0.3 is 20.3 Å². The number of nitrogens with one attached hydrogen (secondary N) is 2. The second-order valence-electron chi connectivity index (χ2n) is 7.03. The van der Waals surface area contributed by atoms with Crippen LogP contribution in [0.2, 0.25) is 0 Å². The van der Waals surface area contributed by atoms with Gasteiger partial charge in [-0.1, -0.05) is 12.1 Å². The Labute approximate surface area is 159 Å². The van der Waals surface area contributed by atoms with Gasteiger partial charge in [0.2, 0.25) is 0 Å². The lowest BCUT2D eigenvalue weighted by Gasteiger charge is -2.43. The molecule has 8 heteroatoms. The van der Waals surface area contributed by atoms with E-state index in [4.69, 9.17) is 4.74 Å². The van der Waals surface area contributed by atoms with Crippen LogP contribution in [0.4, 0.5) is 13.2 Å². The number of halogens is 3. The van der Waals surface area contributed by atoms with Gasteiger partial charge in [0.05, 0.1) is 5.56 Å². The zero-order chi connectivity index (χ0) is 19.9. The van der Waals surface area contributed by atoms with Gasteiger partial charge >= 0.3 is 6.18 Å². The van der Waals surface area contributed by atoms with Gasteiger partial charge in [-0.05, 0) is 51.1 Å². The van der Waals surface area contributed by atoms with Gasteiger partial charge in [-0.25, -0.2) is 0 Å². The fourth-order valence-corrected chi connectivity index (χ4v) is 3.19. The minimum absolute atomic E-state index is 0.0310. The number of aliphatic imine (C=N–C) groups is 1. The molecule has 1 aromatic carbocycles. The molecule has 0 unspecified atom stereocenters. The summed E-state index contributed by atoms with van der Waals surface area (Å²) in [5, 5.41) is 6.59. The molecule has 0 aliphatic carbocycles. The van der Waals surface area contributed by atoms with Crippen LogP contribution >= 0.6 is 0 Å². The van der Waals surface area contributed by atoms with Crippen molar-refractivity contribution in [3.05, 3.63) is 35.4 Å². The molecule has 0 amide bonds. The lowest BCUT2D eigenvalue weighted by molar-refractivity contribution is -0.137. The topological polar surface area (TPSA) is 48.9 Å². The van der Waals surface area contributed by atoms with Gasteiger partial charge in [0.1, 0.15) is 0 Å². The Balaban J connectivity index is 1.81. The van der Waals surface area contributed by atoms with E-state index >= 15 is 0 Å². The standard InChI is InChI=1S/C19H29F3N4O/c1-23-17(25-14-18(26(2)3)9-12-27-13-10-18)24-11-8-15-4-6-16(7-5-15)19(20,21)22/h4-7H,8-14H2,1-3H3,(H2,23,24,25). The molecular formula is C19H29F3N4O. The van der Waals surface area contributed by atoms with Crippen molar-refractivity contribution in [1.29, 1.82) is 0 Å². The maximum atomic E-state index is 12.6. The average Bonchev–Trinajstić information content (AvgIpc) is 2.64. The predicted molar refractivity (Wildman–Crippen MR) is 101 cm³/mol. The van der Waals surface area contributed by atoms with Crippen LogP contribution in [0.3, 0.4) is 0 Å². The smallest absolute Gasteiger partial charge is 0.381 e. The molecule has 2 rings (SSSR count). The molecular weight excluding hydrogens is 357 g/mol. The van der Waals surface area contributed by atoms with Crippen molar-refractivity contribution < 1.29 is 17.9 Å². The number of hydrogen-bond donors (Lipinski definition) is 2. The Hall–Kier alpha value is -1.80. The molecule has 0 radical (unpaired) electrons. The highest BCUT2D eigenvalue weighted by Gasteiger charge is 2.34. The fraction of sp³-hybridized carbons (Fsp3) is 0.632. The van der Waals surface area contributed by atoms with E-state index in [2.05, 4.69) is 34.6 Å². The number of guanidine groups is 1. The van der Waals surface area contributed by atoms with Crippen LogP contribution in [0, 0.1) is 0 Å². The van der Waals surface area contributed by atoms with Gasteiger partial charge in [0, 0.05) is 38.9 Å². The predicted octanol–water partition coefficient (Wildman–Crippen LogP) is 2.52. The fourth-order valence-electron chi connectivity index (χ4n) is 3.19. The van der Waals surface area contributed by atoms with Crippen LogP contribution in [-0.2, 0) is 17.3 Å². The third kappa shape index (κ3) is 6.10. The summed E-state index contributed by atoms with van der Waals surface area (Å²) in [5.41, 5.74) is 0.255. The number of nitrogens with zero attached hydrogens (tertiary/aromatic N) is 2. The summed E-state index contributed by atoms with van der Waals surface area (Å²) in [6.45, 7) is 2.84. The monoisotopic (exact) mass is 386 g/mol. The molecule has 0 bridgehead atoms. The minimum Gasteiger partial charge on any atom is -0.381 e. The number of benzene rings is 1. The first kappa shape index (κ1) is 21.5. The van der Waals surface area contributed by atoms with Crippen LogP contribution < -0.4 is 10.6 Å². The summed E-state index contributed by atoms with van der Waals surface area (Å²) >= 11 is 0. The number of ether oxygens (including phenoxy) is 1. The van der Waals surface area contributed by atoms with E-state index in [1.165, 1.54) is 12.1 Å². The summed E-state index contributed by atoms with van der Waals surface area (Å²) in [5.74, 6) is 0.689. The molecule has 0 aromatic heterocycles. The van der Waals surface area contributed by atoms with E-state index in [1.807, 2.05) is 0 Å². The second kappa shape index (κ2) is 9.41. The molecule has 27 heavy (non-hydrogen) atoms. The zero-order valence-corrected chi connectivity index (χ0v) is 16.2. The van der Waals surface area contributed by atoms with E-state index in [1.54, 1.807) is 7.05 Å². The Kier molecular flexibility index (Phi) is 7.49. The Morgan fingerprint density at radius 3 is 2.30 bits per heavy atom. The quantitative estimate of drug-likeness (QED) is 0.583. The molecule has 1 saturated heterocycles. The van der Waals surface area contributed by atoms with Crippen molar-refractivity contribution in [2.24, 2.45) is 4.99 Å². The zero-order valence-electron chi connectivity index (χ0n) is 16.2. The second-order valence-corrected chi connectivity index (χ2v) is 7.03. The van der Waals surface area contributed by atoms with Gasteiger partial charge in [0.15, 0.2) is 5.96 Å². The lowest BCUT2D eigenvalue weighted by atomic mass is 9.88. The first-order valence-corrected chi connectivity index (χ1v) is 9.13. The number of alkyl halides is 3. The largest absolute Gasteiger partial charge is 0.416 e. The van der Waals surface area contributed by atoms with Crippen molar-refractivity contribution in [1.82, 2.24) is 15.5 Å². The Morgan fingerprint density at radius 2 is 1.78 bits per heavy atom. The van der Waals surface area contributed by atoms with Gasteiger partial charge in [-0.3, -0.25) is 4.99 Å². The molecule has 0 saturated carbocycles. The third-order valence-electron chi connectivity index (χ3n) is 5.17. The highest BCUT2D eigenvalue weighted by molar-refractivity contribution is 5.79. The van der Waals surface area contributed by atoms with Crippen molar-refractivity contribution in [2.45, 2.75) is 31.0 Å². The summed E-state index contributed by atoms with van der Waals surface area (Å²) in [6, 6.07) is 5.27. The SMILES string of the molecule is CN=C(NCCc1ccc(C(F)(F)F)cc1)NCC1(N(C)C)CCOCC1. The van der Waals surface area contributed by atoms with Gasteiger partial charge in [-0.2, -0.15) is 13.2 Å². The Morgan fingerprint density at radius 1 is 1.15 bits per heavy atom. The first-order chi connectivity index (χ1) is 12.8. The molecule has 1 heterocycles. The van der Waals surface area contributed by atoms with Crippen molar-refractivity contribution in [3.8, 4) is 0 Å². The summed E-state index contributed by atoms with van der Waals surface area (Å²) in [7, 11) is 5.86. The van der Waals surface area contributed by atoms with Crippen LogP contribution in [0.1, 0.15) is 24.0 Å². The molecule has 0 atom stereocenters. The van der Waals surface area contributed by atoms with E-state index < -0.39 is 11.7 Å². The van der Waals surface area contributed by atoms with E-state index in [9.17, 15) is 13.2 Å². The lowest BCUT2D eigenvalue weighted by Crippen LogP contribution is -2.57. The molecule has 152 valence electrons. The van der Waals surface area contributed by atoms with E-state index in [0.717, 1.165) is 50.3 Å². The van der Waals surface area contributed by atoms with Crippen molar-refractivity contribution in [3.63, 3.8) is 0 Å². The van der Waals surface area contributed by atoms with Crippen LogP contribution in [0.5, 0.6) is 0 Å². The van der Waals surface area contributed by atoms with Gasteiger partial charge in [-0.15, -0.1) is 0 Å². The number of rotatable bonds is 6. The molecule has 1 aliphatic rings. The van der Waals surface area contributed by atoms with Gasteiger partial charge in [0.25, 0.3) is 0 Å². The van der Waals surface area contributed by atoms with E-state index in [0.29, 0.717) is 18.9 Å². The molecule has 5 nitrogen and oxygen atoms in total. The molecule has 1 fully saturated rings. The summed E-state index contributed by atoms with van der Waals surface area (Å²) in [6.07, 6.45) is -1.77. The minimum atomic E-state index is -4.30. The highest BCUT2D eigenvalue weighted by atomic mass is 19.4. The molecule has 1 aromatic rings. The Bertz CT molecular complexity index is 608. The summed E-state index contributed by atoms with van der Waals surface area (Å²) in [4.78, 5) is 6.47. The van der Waals surface area contributed by atoms with Crippen LogP contribution in [-0.4, -0.2) is 63.8 Å². The number of likely N-dealkylation sites (N-methyl/N-ethyl adjacent to an activating group) is 1. The van der Waals surface area contributed by atoms with Crippen molar-refractivity contribution in [2.75, 3.05) is 47.4 Å². The average molecular weight is 386 g/mol.